The molecular formula is C26H40O7Si. The van der Waals surface area contributed by atoms with Gasteiger partial charge in [0.05, 0.1) is 26.9 Å². The van der Waals surface area contributed by atoms with Crippen LogP contribution in [0.5, 0.6) is 5.75 Å². The Kier molecular flexibility index (Phi) is 9.36. The van der Waals surface area contributed by atoms with Crippen LogP contribution in [0.1, 0.15) is 46.6 Å². The summed E-state index contributed by atoms with van der Waals surface area (Å²) in [5, 5.41) is -0.0589. The fraction of sp³-hybridized carbons (Fsp3) is 0.654. The van der Waals surface area contributed by atoms with Crippen LogP contribution in [0, 0.1) is 12.3 Å². The topological polar surface area (TPSA) is 72.5 Å². The molecule has 1 fully saturated rings. The molecule has 1 aliphatic heterocycles. The van der Waals surface area contributed by atoms with Crippen molar-refractivity contribution in [2.75, 3.05) is 14.2 Å². The van der Waals surface area contributed by atoms with Crippen molar-refractivity contribution in [2.24, 2.45) is 0 Å². The Morgan fingerprint density at radius 3 is 2.29 bits per heavy atom. The predicted molar refractivity (Wildman–Crippen MR) is 133 cm³/mol. The third-order valence-electron chi connectivity index (χ3n) is 6.42. The van der Waals surface area contributed by atoms with Crippen LogP contribution in [-0.2, 0) is 34.8 Å². The first-order valence-corrected chi connectivity index (χ1v) is 14.5. The summed E-state index contributed by atoms with van der Waals surface area (Å²) in [5.41, 5.74) is 0.969. The van der Waals surface area contributed by atoms with Crippen molar-refractivity contribution in [3.63, 3.8) is 0 Å². The van der Waals surface area contributed by atoms with Gasteiger partial charge in [-0.3, -0.25) is 0 Å². The molecule has 0 aromatic heterocycles. The minimum Gasteiger partial charge on any atom is -0.497 e. The Labute approximate surface area is 205 Å². The van der Waals surface area contributed by atoms with Gasteiger partial charge in [0.25, 0.3) is 0 Å². The minimum atomic E-state index is -2.26. The molecule has 0 unspecified atom stereocenters. The van der Waals surface area contributed by atoms with E-state index in [4.69, 9.17) is 34.5 Å². The summed E-state index contributed by atoms with van der Waals surface area (Å²) in [6, 6.07) is 7.61. The lowest BCUT2D eigenvalue weighted by atomic mass is 10.0. The van der Waals surface area contributed by atoms with E-state index in [1.165, 1.54) is 7.11 Å². The van der Waals surface area contributed by atoms with Crippen molar-refractivity contribution < 1.29 is 32.9 Å². The third-order valence-corrected chi connectivity index (χ3v) is 10.9. The molecule has 0 bridgehead atoms. The van der Waals surface area contributed by atoms with E-state index in [-0.39, 0.29) is 5.04 Å². The van der Waals surface area contributed by atoms with Gasteiger partial charge in [-0.1, -0.05) is 38.8 Å². The molecule has 1 aromatic rings. The van der Waals surface area contributed by atoms with Crippen LogP contribution in [0.2, 0.25) is 18.1 Å². The van der Waals surface area contributed by atoms with E-state index in [2.05, 4.69) is 39.8 Å². The molecule has 1 heterocycles. The Bertz CT molecular complexity index is 851. The maximum absolute atomic E-state index is 12.5. The minimum absolute atomic E-state index is 0.0589. The summed E-state index contributed by atoms with van der Waals surface area (Å²) in [5.74, 6) is 2.03. The fourth-order valence-corrected chi connectivity index (χ4v) is 4.82. The Morgan fingerprint density at radius 2 is 1.79 bits per heavy atom. The van der Waals surface area contributed by atoms with Gasteiger partial charge in [-0.25, -0.2) is 4.79 Å². The Morgan fingerprint density at radius 1 is 1.18 bits per heavy atom. The highest BCUT2D eigenvalue weighted by Gasteiger charge is 2.52. The molecule has 0 aliphatic carbocycles. The van der Waals surface area contributed by atoms with Crippen molar-refractivity contribution in [2.45, 2.75) is 96.0 Å². The van der Waals surface area contributed by atoms with E-state index in [1.54, 1.807) is 21.0 Å². The first kappa shape index (κ1) is 28.3. The third kappa shape index (κ3) is 7.30. The first-order valence-electron chi connectivity index (χ1n) is 11.5. The molecule has 2 rings (SSSR count). The van der Waals surface area contributed by atoms with Gasteiger partial charge < -0.3 is 28.1 Å². The lowest BCUT2D eigenvalue weighted by molar-refractivity contribution is -0.169. The van der Waals surface area contributed by atoms with Crippen LogP contribution in [0.3, 0.4) is 0 Å². The number of rotatable bonds is 10. The second kappa shape index (κ2) is 11.2. The monoisotopic (exact) mass is 492 g/mol. The smallest absolute Gasteiger partial charge is 0.337 e. The molecule has 0 amide bonds. The average Bonchev–Trinajstić information content (AvgIpc) is 3.10. The van der Waals surface area contributed by atoms with Gasteiger partial charge in [0, 0.05) is 6.42 Å². The van der Waals surface area contributed by atoms with Gasteiger partial charge in [0.15, 0.2) is 20.2 Å². The standard InChI is InChI=1S/C26H40O7Si/c1-11-19(30-17-18-12-14-20(28-7)15-13-18)16-21(33-34(9,10)25(2,3)4)22-23(24(27)29-8)32-26(5,6)31-22/h1,12-15,19,21-23H,16-17H2,2-10H3/t19-,21+,22+,23+/m1/s1. The molecule has 0 saturated carbocycles. The highest BCUT2D eigenvalue weighted by molar-refractivity contribution is 6.74. The second-order valence-electron chi connectivity index (χ2n) is 10.5. The van der Waals surface area contributed by atoms with E-state index in [9.17, 15) is 4.79 Å². The summed E-state index contributed by atoms with van der Waals surface area (Å²) in [7, 11) is 0.699. The molecule has 1 saturated heterocycles. The van der Waals surface area contributed by atoms with Gasteiger partial charge in [-0.15, -0.1) is 6.42 Å². The van der Waals surface area contributed by atoms with Gasteiger partial charge in [0.1, 0.15) is 18.0 Å². The van der Waals surface area contributed by atoms with Crippen LogP contribution in [0.25, 0.3) is 0 Å². The number of methoxy groups -OCH3 is 2. The van der Waals surface area contributed by atoms with Crippen molar-refractivity contribution in [3.8, 4) is 18.1 Å². The summed E-state index contributed by atoms with van der Waals surface area (Å²) in [6.07, 6.45) is 3.51. The predicted octanol–water partition coefficient (Wildman–Crippen LogP) is 4.69. The van der Waals surface area contributed by atoms with Crippen LogP contribution in [0.4, 0.5) is 0 Å². The van der Waals surface area contributed by atoms with Gasteiger partial charge >= 0.3 is 5.97 Å². The number of terminal acetylenes is 1. The summed E-state index contributed by atoms with van der Waals surface area (Å²) in [4.78, 5) is 12.5. The molecule has 7 nitrogen and oxygen atoms in total. The zero-order valence-electron chi connectivity index (χ0n) is 22.0. The molecule has 1 aromatic carbocycles. The quantitative estimate of drug-likeness (QED) is 0.267. The summed E-state index contributed by atoms with van der Waals surface area (Å²) in [6.45, 7) is 14.6. The largest absolute Gasteiger partial charge is 0.497 e. The molecule has 0 spiro atoms. The molecular weight excluding hydrogens is 452 g/mol. The highest BCUT2D eigenvalue weighted by atomic mass is 28.4. The molecule has 34 heavy (non-hydrogen) atoms. The molecule has 0 radical (unpaired) electrons. The first-order chi connectivity index (χ1) is 15.7. The second-order valence-corrected chi connectivity index (χ2v) is 15.3. The number of ether oxygens (including phenoxy) is 5. The van der Waals surface area contributed by atoms with E-state index in [0.717, 1.165) is 11.3 Å². The van der Waals surface area contributed by atoms with Crippen LogP contribution in [0.15, 0.2) is 24.3 Å². The Hall–Kier alpha value is -1.89. The number of hydrogen-bond acceptors (Lipinski definition) is 7. The Balaban J connectivity index is 2.26. The van der Waals surface area contributed by atoms with Crippen molar-refractivity contribution >= 4 is 14.3 Å². The van der Waals surface area contributed by atoms with Crippen molar-refractivity contribution in [1.82, 2.24) is 0 Å². The lowest BCUT2D eigenvalue weighted by Gasteiger charge is -2.41. The van der Waals surface area contributed by atoms with E-state index >= 15 is 0 Å². The normalized spacial score (nSPS) is 22.0. The lowest BCUT2D eigenvalue weighted by Crippen LogP contribution is -2.51. The van der Waals surface area contributed by atoms with Gasteiger partial charge in [0.2, 0.25) is 0 Å². The van der Waals surface area contributed by atoms with E-state index in [1.807, 2.05) is 24.3 Å². The van der Waals surface area contributed by atoms with Crippen LogP contribution < -0.4 is 4.74 Å². The molecule has 0 N–H and O–H groups in total. The van der Waals surface area contributed by atoms with E-state index in [0.29, 0.717) is 13.0 Å². The molecule has 1 aliphatic rings. The fourth-order valence-electron chi connectivity index (χ4n) is 3.48. The summed E-state index contributed by atoms with van der Waals surface area (Å²) < 4.78 is 35.1. The van der Waals surface area contributed by atoms with Gasteiger partial charge in [-0.2, -0.15) is 0 Å². The molecule has 8 heteroatoms. The number of benzene rings is 1. The zero-order chi connectivity index (χ0) is 25.7. The number of esters is 1. The maximum atomic E-state index is 12.5. The number of hydrogen-bond donors (Lipinski definition) is 0. The zero-order valence-corrected chi connectivity index (χ0v) is 23.0. The SMILES string of the molecule is C#C[C@H](C[C@H](O[Si](C)(C)C(C)(C)C)[C@@H]1OC(C)(C)O[C@@H]1C(=O)OC)OCc1ccc(OC)cc1. The van der Waals surface area contributed by atoms with Crippen molar-refractivity contribution in [1.29, 1.82) is 0 Å². The molecule has 190 valence electrons. The number of carbonyl (C=O) groups is 1. The van der Waals surface area contributed by atoms with Crippen LogP contribution in [-0.4, -0.2) is 58.7 Å². The van der Waals surface area contributed by atoms with Crippen molar-refractivity contribution in [3.05, 3.63) is 29.8 Å². The molecule has 4 atom stereocenters. The van der Waals surface area contributed by atoms with Gasteiger partial charge in [-0.05, 0) is 49.7 Å². The summed E-state index contributed by atoms with van der Waals surface area (Å²) >= 11 is 0. The van der Waals surface area contributed by atoms with E-state index < -0.39 is 44.5 Å². The van der Waals surface area contributed by atoms with Crippen LogP contribution >= 0.6 is 0 Å². The average molecular weight is 493 g/mol. The highest BCUT2D eigenvalue weighted by Crippen LogP contribution is 2.41. The maximum Gasteiger partial charge on any atom is 0.337 e. The number of carbonyl (C=O) groups excluding carboxylic acids is 1.